The van der Waals surface area contributed by atoms with Crippen molar-refractivity contribution in [1.82, 2.24) is 15.1 Å². The third kappa shape index (κ3) is 4.00. The molecule has 0 radical (unpaired) electrons. The molecule has 98 valence electrons. The van der Waals surface area contributed by atoms with Crippen LogP contribution in [0.2, 0.25) is 5.02 Å². The molecule has 0 bridgehead atoms. The van der Waals surface area contributed by atoms with Gasteiger partial charge >= 0.3 is 0 Å². The van der Waals surface area contributed by atoms with Crippen LogP contribution in [0.25, 0.3) is 0 Å². The number of nitrogens with zero attached hydrogens (tertiary/aromatic N) is 2. The number of halogens is 1. The predicted molar refractivity (Wildman–Crippen MR) is 73.7 cm³/mol. The standard InChI is InChI=1S/C13H24ClN3/c1-5-7-15-9-10(3)8-12-13(14)11(4)16-17(12)6-2/h10,15H,5-9H2,1-4H3. The van der Waals surface area contributed by atoms with Crippen LogP contribution in [0.15, 0.2) is 0 Å². The molecule has 0 aliphatic heterocycles. The molecule has 0 aliphatic carbocycles. The molecule has 0 amide bonds. The minimum Gasteiger partial charge on any atom is -0.316 e. The van der Waals surface area contributed by atoms with Crippen molar-refractivity contribution in [2.75, 3.05) is 13.1 Å². The molecule has 1 N–H and O–H groups in total. The molecule has 1 heterocycles. The van der Waals surface area contributed by atoms with Crippen molar-refractivity contribution in [3.63, 3.8) is 0 Å². The molecular formula is C13H24ClN3. The number of hydrogen-bond donors (Lipinski definition) is 1. The van der Waals surface area contributed by atoms with Gasteiger partial charge < -0.3 is 5.32 Å². The topological polar surface area (TPSA) is 29.9 Å². The summed E-state index contributed by atoms with van der Waals surface area (Å²) in [6.07, 6.45) is 2.17. The summed E-state index contributed by atoms with van der Waals surface area (Å²) in [5.74, 6) is 0.584. The lowest BCUT2D eigenvalue weighted by atomic mass is 10.1. The molecule has 1 atom stereocenters. The molecule has 0 aromatic carbocycles. The Labute approximate surface area is 110 Å². The van der Waals surface area contributed by atoms with E-state index in [0.717, 1.165) is 36.8 Å². The van der Waals surface area contributed by atoms with Gasteiger partial charge in [0.15, 0.2) is 0 Å². The first-order valence-corrected chi connectivity index (χ1v) is 6.90. The fourth-order valence-electron chi connectivity index (χ4n) is 1.99. The van der Waals surface area contributed by atoms with E-state index in [4.69, 9.17) is 11.6 Å². The minimum absolute atomic E-state index is 0.584. The number of rotatable bonds is 7. The van der Waals surface area contributed by atoms with Crippen LogP contribution < -0.4 is 5.32 Å². The third-order valence-electron chi connectivity index (χ3n) is 2.91. The average Bonchev–Trinajstić information content (AvgIpc) is 2.57. The summed E-state index contributed by atoms with van der Waals surface area (Å²) in [6, 6.07) is 0. The Morgan fingerprint density at radius 3 is 2.71 bits per heavy atom. The van der Waals surface area contributed by atoms with E-state index in [-0.39, 0.29) is 0 Å². The second-order valence-corrected chi connectivity index (χ2v) is 5.05. The predicted octanol–water partition coefficient (Wildman–Crippen LogP) is 3.04. The first kappa shape index (κ1) is 14.5. The van der Waals surface area contributed by atoms with Crippen LogP contribution in [-0.2, 0) is 13.0 Å². The zero-order valence-corrected chi connectivity index (χ0v) is 12.1. The first-order chi connectivity index (χ1) is 8.10. The molecule has 1 aromatic rings. The van der Waals surface area contributed by atoms with Gasteiger partial charge in [-0.3, -0.25) is 4.68 Å². The van der Waals surface area contributed by atoms with E-state index in [0.29, 0.717) is 5.92 Å². The molecule has 1 aromatic heterocycles. The summed E-state index contributed by atoms with van der Waals surface area (Å²) in [5.41, 5.74) is 2.12. The Balaban J connectivity index is 2.60. The van der Waals surface area contributed by atoms with Gasteiger partial charge in [-0.15, -0.1) is 0 Å². The lowest BCUT2D eigenvalue weighted by Crippen LogP contribution is -2.23. The molecule has 3 nitrogen and oxygen atoms in total. The summed E-state index contributed by atoms with van der Waals surface area (Å²) in [6.45, 7) is 11.5. The van der Waals surface area contributed by atoms with E-state index in [1.807, 2.05) is 11.6 Å². The van der Waals surface area contributed by atoms with Gasteiger partial charge in [0, 0.05) is 6.54 Å². The van der Waals surface area contributed by atoms with E-state index in [1.54, 1.807) is 0 Å². The van der Waals surface area contributed by atoms with Crippen LogP contribution in [0, 0.1) is 12.8 Å². The first-order valence-electron chi connectivity index (χ1n) is 6.52. The van der Waals surface area contributed by atoms with Gasteiger partial charge in [0.25, 0.3) is 0 Å². The second-order valence-electron chi connectivity index (χ2n) is 4.68. The number of hydrogen-bond acceptors (Lipinski definition) is 2. The normalized spacial score (nSPS) is 13.0. The van der Waals surface area contributed by atoms with E-state index in [2.05, 4.69) is 31.2 Å². The van der Waals surface area contributed by atoms with Gasteiger partial charge in [-0.1, -0.05) is 25.4 Å². The monoisotopic (exact) mass is 257 g/mol. The van der Waals surface area contributed by atoms with Crippen LogP contribution in [0.5, 0.6) is 0 Å². The maximum absolute atomic E-state index is 6.29. The smallest absolute Gasteiger partial charge is 0.0847 e. The van der Waals surface area contributed by atoms with Crippen LogP contribution in [0.1, 0.15) is 38.6 Å². The van der Waals surface area contributed by atoms with Crippen LogP contribution in [0.4, 0.5) is 0 Å². The highest BCUT2D eigenvalue weighted by atomic mass is 35.5. The van der Waals surface area contributed by atoms with Gasteiger partial charge in [0.1, 0.15) is 0 Å². The SMILES string of the molecule is CCCNCC(C)Cc1c(Cl)c(C)nn1CC. The van der Waals surface area contributed by atoms with Crippen LogP contribution in [-0.4, -0.2) is 22.9 Å². The highest BCUT2D eigenvalue weighted by Gasteiger charge is 2.15. The van der Waals surface area contributed by atoms with Crippen LogP contribution >= 0.6 is 11.6 Å². The number of nitrogens with one attached hydrogen (secondary N) is 1. The van der Waals surface area contributed by atoms with Crippen molar-refractivity contribution in [3.8, 4) is 0 Å². The Hall–Kier alpha value is -0.540. The molecule has 0 fully saturated rings. The molecule has 0 saturated carbocycles. The highest BCUT2D eigenvalue weighted by Crippen LogP contribution is 2.22. The summed E-state index contributed by atoms with van der Waals surface area (Å²) in [4.78, 5) is 0. The van der Waals surface area contributed by atoms with Crippen molar-refractivity contribution in [3.05, 3.63) is 16.4 Å². The fourth-order valence-corrected chi connectivity index (χ4v) is 2.20. The summed E-state index contributed by atoms with van der Waals surface area (Å²) >= 11 is 6.29. The number of aromatic nitrogens is 2. The van der Waals surface area contributed by atoms with Crippen molar-refractivity contribution in [2.45, 2.75) is 47.1 Å². The lowest BCUT2D eigenvalue weighted by molar-refractivity contribution is 0.487. The molecular weight excluding hydrogens is 234 g/mol. The molecule has 4 heteroatoms. The second kappa shape index (κ2) is 7.02. The van der Waals surface area contributed by atoms with Gasteiger partial charge in [-0.2, -0.15) is 5.10 Å². The largest absolute Gasteiger partial charge is 0.316 e. The highest BCUT2D eigenvalue weighted by molar-refractivity contribution is 6.31. The maximum atomic E-state index is 6.29. The van der Waals surface area contributed by atoms with Crippen molar-refractivity contribution >= 4 is 11.6 Å². The van der Waals surface area contributed by atoms with E-state index >= 15 is 0 Å². The average molecular weight is 258 g/mol. The van der Waals surface area contributed by atoms with Gasteiger partial charge in [0.05, 0.1) is 16.4 Å². The third-order valence-corrected chi connectivity index (χ3v) is 3.41. The van der Waals surface area contributed by atoms with Gasteiger partial charge in [-0.25, -0.2) is 0 Å². The molecule has 1 rings (SSSR count). The van der Waals surface area contributed by atoms with Crippen molar-refractivity contribution < 1.29 is 0 Å². The van der Waals surface area contributed by atoms with Gasteiger partial charge in [0.2, 0.25) is 0 Å². The van der Waals surface area contributed by atoms with Crippen molar-refractivity contribution in [1.29, 1.82) is 0 Å². The van der Waals surface area contributed by atoms with Crippen LogP contribution in [0.3, 0.4) is 0 Å². The molecule has 17 heavy (non-hydrogen) atoms. The minimum atomic E-state index is 0.584. The van der Waals surface area contributed by atoms with E-state index in [1.165, 1.54) is 12.1 Å². The number of aryl methyl sites for hydroxylation is 2. The molecule has 1 unspecified atom stereocenters. The fraction of sp³-hybridized carbons (Fsp3) is 0.769. The quantitative estimate of drug-likeness (QED) is 0.761. The molecule has 0 aliphatic rings. The Kier molecular flexibility index (Phi) is 6.00. The zero-order valence-electron chi connectivity index (χ0n) is 11.4. The lowest BCUT2D eigenvalue weighted by Gasteiger charge is -2.13. The Morgan fingerprint density at radius 1 is 1.41 bits per heavy atom. The van der Waals surface area contributed by atoms with E-state index < -0.39 is 0 Å². The maximum Gasteiger partial charge on any atom is 0.0847 e. The van der Waals surface area contributed by atoms with Gasteiger partial charge in [-0.05, 0) is 45.7 Å². The van der Waals surface area contributed by atoms with E-state index in [9.17, 15) is 0 Å². The summed E-state index contributed by atoms with van der Waals surface area (Å²) in [7, 11) is 0. The van der Waals surface area contributed by atoms with Crippen molar-refractivity contribution in [2.24, 2.45) is 5.92 Å². The molecule has 0 saturated heterocycles. The summed E-state index contributed by atoms with van der Waals surface area (Å²) < 4.78 is 2.02. The Morgan fingerprint density at radius 2 is 2.12 bits per heavy atom. The zero-order chi connectivity index (χ0) is 12.8. The molecule has 0 spiro atoms. The summed E-state index contributed by atoms with van der Waals surface area (Å²) in [5, 5.41) is 8.73. The Bertz CT molecular complexity index is 347.